The molecule has 196 valence electrons. The molecule has 3 rings (SSSR count). The molecule has 1 saturated heterocycles. The number of rotatable bonds is 13. The van der Waals surface area contributed by atoms with Gasteiger partial charge in [-0.1, -0.05) is 44.2 Å². The lowest BCUT2D eigenvalue weighted by atomic mass is 9.88. The topological polar surface area (TPSA) is 112 Å². The van der Waals surface area contributed by atoms with Gasteiger partial charge < -0.3 is 24.1 Å². The molecule has 3 unspecified atom stereocenters. The molecule has 1 aromatic carbocycles. The number of allylic oxidation sites excluding steroid dienone is 1. The first-order valence-corrected chi connectivity index (χ1v) is 12.3. The number of carbonyl (C=O) groups excluding carboxylic acids is 3. The van der Waals surface area contributed by atoms with Gasteiger partial charge in [-0.3, -0.25) is 9.59 Å². The molecule has 3 atom stereocenters. The molecule has 1 N–H and O–H groups in total. The number of hydrogen-bond acceptors (Lipinski definition) is 8. The number of imide groups is 1. The van der Waals surface area contributed by atoms with Gasteiger partial charge in [0.15, 0.2) is 11.9 Å². The fraction of sp³-hybridized carbons (Fsp3) is 0.519. The number of nitrogens with zero attached hydrogens (tertiary/aromatic N) is 1. The summed E-state index contributed by atoms with van der Waals surface area (Å²) in [6.07, 6.45) is 3.81. The van der Waals surface area contributed by atoms with Gasteiger partial charge in [-0.25, -0.2) is 9.69 Å². The van der Waals surface area contributed by atoms with E-state index in [1.54, 1.807) is 12.2 Å². The van der Waals surface area contributed by atoms with Crippen molar-refractivity contribution in [2.24, 2.45) is 11.8 Å². The van der Waals surface area contributed by atoms with E-state index in [2.05, 4.69) is 0 Å². The Kier molecular flexibility index (Phi) is 10.7. The molecule has 1 fully saturated rings. The molecular weight excluding hydrogens is 466 g/mol. The molecule has 9 heteroatoms. The maximum atomic E-state index is 13.7. The predicted molar refractivity (Wildman–Crippen MR) is 131 cm³/mol. The predicted octanol–water partition coefficient (Wildman–Crippen LogP) is 2.67. The maximum absolute atomic E-state index is 13.7. The number of benzene rings is 1. The second kappa shape index (κ2) is 13.9. The van der Waals surface area contributed by atoms with Gasteiger partial charge in [0.25, 0.3) is 0 Å². The van der Waals surface area contributed by atoms with E-state index in [1.165, 1.54) is 6.08 Å². The maximum Gasteiger partial charge on any atom is 0.416 e. The highest BCUT2D eigenvalue weighted by Gasteiger charge is 2.46. The third-order valence-corrected chi connectivity index (χ3v) is 6.06. The molecular formula is C27H35NO8. The van der Waals surface area contributed by atoms with Crippen molar-refractivity contribution in [3.05, 3.63) is 59.9 Å². The summed E-state index contributed by atoms with van der Waals surface area (Å²) in [6.45, 7) is 5.44. The minimum Gasteiger partial charge on any atom is -0.482 e. The monoisotopic (exact) mass is 501 g/mol. The zero-order valence-corrected chi connectivity index (χ0v) is 20.8. The molecule has 9 nitrogen and oxygen atoms in total. The molecule has 2 aliphatic heterocycles. The molecule has 1 aromatic rings. The van der Waals surface area contributed by atoms with Crippen LogP contribution in [0.2, 0.25) is 0 Å². The summed E-state index contributed by atoms with van der Waals surface area (Å²) in [4.78, 5) is 40.3. The second-order valence-corrected chi connectivity index (χ2v) is 9.01. The van der Waals surface area contributed by atoms with Crippen LogP contribution in [0.15, 0.2) is 54.3 Å². The standard InChI is InChI=1S/C27H35NO8/c1-19(2)23-18-35-27(32)28(23)26(31)22(17-20-7-4-3-5-8-20)25-24(30)11-10-21(36-25)9-6-13-33-15-16-34-14-12-29/h3-5,7-11,19,22-23,25,29H,6,12-18H2,1-2H3. The van der Waals surface area contributed by atoms with Gasteiger partial charge in [0.05, 0.1) is 45.0 Å². The lowest BCUT2D eigenvalue weighted by Gasteiger charge is -2.32. The van der Waals surface area contributed by atoms with Crippen LogP contribution in [-0.2, 0) is 35.0 Å². The van der Waals surface area contributed by atoms with Crippen molar-refractivity contribution >= 4 is 17.8 Å². The first-order valence-electron chi connectivity index (χ1n) is 12.3. The number of cyclic esters (lactones) is 1. The SMILES string of the molecule is CC(C)C1COC(=O)N1C(=O)C(Cc1ccccc1)C1OC(=CCCOCCOCCO)C=CC1=O. The Balaban J connectivity index is 1.72. The normalized spacial score (nSPS) is 21.7. The van der Waals surface area contributed by atoms with Crippen LogP contribution in [0, 0.1) is 11.8 Å². The zero-order chi connectivity index (χ0) is 25.9. The molecule has 0 saturated carbocycles. The Morgan fingerprint density at radius 1 is 1.11 bits per heavy atom. The van der Waals surface area contributed by atoms with Crippen LogP contribution < -0.4 is 0 Å². The van der Waals surface area contributed by atoms with E-state index in [-0.39, 0.29) is 37.9 Å². The minimum absolute atomic E-state index is 0.00476. The van der Waals surface area contributed by atoms with Crippen molar-refractivity contribution in [2.75, 3.05) is 39.6 Å². The van der Waals surface area contributed by atoms with Crippen molar-refractivity contribution in [1.29, 1.82) is 0 Å². The highest BCUT2D eigenvalue weighted by atomic mass is 16.6. The molecule has 2 amide bonds. The number of ether oxygens (including phenoxy) is 4. The van der Waals surface area contributed by atoms with Crippen molar-refractivity contribution in [3.8, 4) is 0 Å². The quantitative estimate of drug-likeness (QED) is 0.411. The van der Waals surface area contributed by atoms with E-state index in [0.29, 0.717) is 32.0 Å². The molecule has 36 heavy (non-hydrogen) atoms. The number of aliphatic hydroxyl groups excluding tert-OH is 1. The summed E-state index contributed by atoms with van der Waals surface area (Å²) >= 11 is 0. The fourth-order valence-corrected chi connectivity index (χ4v) is 4.12. The Hall–Kier alpha value is -3.01. The average molecular weight is 502 g/mol. The lowest BCUT2D eigenvalue weighted by molar-refractivity contribution is -0.144. The summed E-state index contributed by atoms with van der Waals surface area (Å²) in [5.74, 6) is -1.23. The Morgan fingerprint density at radius 2 is 1.83 bits per heavy atom. The van der Waals surface area contributed by atoms with E-state index in [4.69, 9.17) is 24.1 Å². The fourth-order valence-electron chi connectivity index (χ4n) is 4.12. The van der Waals surface area contributed by atoms with E-state index < -0.39 is 30.1 Å². The summed E-state index contributed by atoms with van der Waals surface area (Å²) in [6, 6.07) is 8.96. The Bertz CT molecular complexity index is 942. The van der Waals surface area contributed by atoms with Crippen LogP contribution in [-0.4, -0.2) is 79.6 Å². The van der Waals surface area contributed by atoms with Crippen LogP contribution in [0.1, 0.15) is 25.8 Å². The number of aliphatic hydroxyl groups is 1. The number of hydrogen-bond donors (Lipinski definition) is 1. The van der Waals surface area contributed by atoms with Gasteiger partial charge in [-0.15, -0.1) is 0 Å². The lowest BCUT2D eigenvalue weighted by Crippen LogP contribution is -2.50. The van der Waals surface area contributed by atoms with Crippen molar-refractivity contribution in [2.45, 2.75) is 38.8 Å². The number of ketones is 1. The van der Waals surface area contributed by atoms with Gasteiger partial charge in [0, 0.05) is 0 Å². The van der Waals surface area contributed by atoms with Gasteiger partial charge in [0.1, 0.15) is 12.4 Å². The largest absolute Gasteiger partial charge is 0.482 e. The Labute approximate surface area is 211 Å². The van der Waals surface area contributed by atoms with Gasteiger partial charge in [-0.05, 0) is 42.6 Å². The van der Waals surface area contributed by atoms with Crippen molar-refractivity contribution in [3.63, 3.8) is 0 Å². The van der Waals surface area contributed by atoms with E-state index in [0.717, 1.165) is 10.5 Å². The summed E-state index contributed by atoms with van der Waals surface area (Å²) in [5.41, 5.74) is 0.859. The Morgan fingerprint density at radius 3 is 2.53 bits per heavy atom. The van der Waals surface area contributed by atoms with Crippen LogP contribution >= 0.6 is 0 Å². The summed E-state index contributed by atoms with van der Waals surface area (Å²) in [7, 11) is 0. The highest BCUT2D eigenvalue weighted by molar-refractivity contribution is 6.02. The molecule has 0 spiro atoms. The van der Waals surface area contributed by atoms with Crippen molar-refractivity contribution in [1.82, 2.24) is 4.90 Å². The van der Waals surface area contributed by atoms with E-state index in [1.807, 2.05) is 44.2 Å². The van der Waals surface area contributed by atoms with E-state index >= 15 is 0 Å². The first-order chi connectivity index (χ1) is 17.4. The molecule has 0 aromatic heterocycles. The first kappa shape index (κ1) is 27.6. The molecule has 0 bridgehead atoms. The van der Waals surface area contributed by atoms with Crippen LogP contribution in [0.25, 0.3) is 0 Å². The number of amides is 2. The van der Waals surface area contributed by atoms with Gasteiger partial charge in [0.2, 0.25) is 5.91 Å². The smallest absolute Gasteiger partial charge is 0.416 e. The molecule has 2 aliphatic rings. The van der Waals surface area contributed by atoms with Crippen LogP contribution in [0.5, 0.6) is 0 Å². The third kappa shape index (κ3) is 7.49. The number of carbonyl (C=O) groups is 3. The summed E-state index contributed by atoms with van der Waals surface area (Å²) in [5, 5.41) is 8.69. The van der Waals surface area contributed by atoms with Gasteiger partial charge >= 0.3 is 6.09 Å². The third-order valence-electron chi connectivity index (χ3n) is 6.06. The van der Waals surface area contributed by atoms with Gasteiger partial charge in [-0.2, -0.15) is 0 Å². The second-order valence-electron chi connectivity index (χ2n) is 9.01. The van der Waals surface area contributed by atoms with Crippen LogP contribution in [0.3, 0.4) is 0 Å². The molecule has 2 heterocycles. The van der Waals surface area contributed by atoms with Crippen LogP contribution in [0.4, 0.5) is 4.79 Å². The van der Waals surface area contributed by atoms with Crippen molar-refractivity contribution < 1.29 is 38.4 Å². The molecule has 0 aliphatic carbocycles. The highest BCUT2D eigenvalue weighted by Crippen LogP contribution is 2.29. The van der Waals surface area contributed by atoms with E-state index in [9.17, 15) is 14.4 Å². The average Bonchev–Trinajstić information content (AvgIpc) is 3.27. The summed E-state index contributed by atoms with van der Waals surface area (Å²) < 4.78 is 21.8. The zero-order valence-electron chi connectivity index (χ0n) is 20.8. The minimum atomic E-state index is -1.07. The molecule has 0 radical (unpaired) electrons.